The summed E-state index contributed by atoms with van der Waals surface area (Å²) in [5.41, 5.74) is 7.30. The van der Waals surface area contributed by atoms with Gasteiger partial charge in [0.15, 0.2) is 5.84 Å². The molecule has 1 aromatic carbocycles. The Labute approximate surface area is 202 Å². The number of nitrogens with one attached hydrogen (secondary N) is 2. The SMILES string of the molecule is C=C1N=C(c2ccc(S(=O)(=O)N(CCCCC(C)(F)F)c3sc4c(c3C)=CCCC=4)cc2)NN1. The number of rotatable bonds is 9. The molecule has 0 atom stereocenters. The minimum absolute atomic E-state index is 0.137. The molecule has 2 aromatic rings. The van der Waals surface area contributed by atoms with E-state index in [9.17, 15) is 17.2 Å². The van der Waals surface area contributed by atoms with Crippen LogP contribution in [0.5, 0.6) is 0 Å². The van der Waals surface area contributed by atoms with Crippen molar-refractivity contribution in [1.82, 2.24) is 10.9 Å². The molecular weight excluding hydrogens is 478 g/mol. The lowest BCUT2D eigenvalue weighted by Crippen LogP contribution is -2.33. The molecule has 2 heterocycles. The van der Waals surface area contributed by atoms with Gasteiger partial charge in [0.2, 0.25) is 5.92 Å². The van der Waals surface area contributed by atoms with Crippen molar-refractivity contribution in [3.8, 4) is 0 Å². The molecule has 0 amide bonds. The lowest BCUT2D eigenvalue weighted by Gasteiger charge is -2.24. The average molecular weight is 507 g/mol. The predicted molar refractivity (Wildman–Crippen MR) is 134 cm³/mol. The number of hydrogen-bond acceptors (Lipinski definition) is 6. The highest BCUT2D eigenvalue weighted by molar-refractivity contribution is 7.93. The molecule has 1 aliphatic heterocycles. The van der Waals surface area contributed by atoms with Crippen molar-refractivity contribution in [2.24, 2.45) is 4.99 Å². The van der Waals surface area contributed by atoms with Crippen LogP contribution < -0.4 is 24.9 Å². The van der Waals surface area contributed by atoms with Gasteiger partial charge in [-0.05, 0) is 74.6 Å². The Kier molecular flexibility index (Phi) is 6.82. The van der Waals surface area contributed by atoms with Crippen LogP contribution in [0, 0.1) is 6.92 Å². The van der Waals surface area contributed by atoms with E-state index in [-0.39, 0.29) is 24.3 Å². The van der Waals surface area contributed by atoms with Gasteiger partial charge in [0, 0.05) is 23.1 Å². The van der Waals surface area contributed by atoms with E-state index in [0.717, 1.165) is 35.1 Å². The van der Waals surface area contributed by atoms with E-state index in [4.69, 9.17) is 0 Å². The highest BCUT2D eigenvalue weighted by atomic mass is 32.2. The zero-order chi connectivity index (χ0) is 24.5. The first-order chi connectivity index (χ1) is 16.1. The quantitative estimate of drug-likeness (QED) is 0.508. The first-order valence-corrected chi connectivity index (χ1v) is 13.4. The fraction of sp³-hybridized carbons (Fsp3) is 0.375. The summed E-state index contributed by atoms with van der Waals surface area (Å²) in [7, 11) is -3.91. The van der Waals surface area contributed by atoms with Crippen molar-refractivity contribution in [3.63, 3.8) is 0 Å². The van der Waals surface area contributed by atoms with E-state index in [1.165, 1.54) is 15.6 Å². The molecule has 1 aliphatic carbocycles. The summed E-state index contributed by atoms with van der Waals surface area (Å²) >= 11 is 1.44. The standard InChI is InChI=1S/C24H28F2N4O2S2/c1-16-20-8-4-5-9-21(20)33-23(16)30(15-7-6-14-24(3,25)26)34(31,32)19-12-10-18(11-13-19)22-27-17(2)28-29-22/h8-13,28H,2,4-7,14-15H2,1,3H3,(H,27,29). The van der Waals surface area contributed by atoms with E-state index in [1.807, 2.05) is 6.92 Å². The van der Waals surface area contributed by atoms with Gasteiger partial charge in [-0.1, -0.05) is 18.7 Å². The second-order valence-corrected chi connectivity index (χ2v) is 11.5. The summed E-state index contributed by atoms with van der Waals surface area (Å²) in [5, 5.41) is 1.72. The summed E-state index contributed by atoms with van der Waals surface area (Å²) in [6, 6.07) is 6.46. The molecule has 2 N–H and O–H groups in total. The number of sulfonamides is 1. The first-order valence-electron chi connectivity index (χ1n) is 11.2. The number of aliphatic imine (C=N–C) groups is 1. The molecule has 0 spiro atoms. The lowest BCUT2D eigenvalue weighted by molar-refractivity contribution is 0.0107. The number of alkyl halides is 2. The van der Waals surface area contributed by atoms with Crippen LogP contribution in [-0.2, 0) is 10.0 Å². The molecular formula is C24H28F2N4O2S2. The van der Waals surface area contributed by atoms with Crippen molar-refractivity contribution in [2.45, 2.75) is 56.8 Å². The maximum Gasteiger partial charge on any atom is 0.264 e. The highest BCUT2D eigenvalue weighted by Crippen LogP contribution is 2.30. The molecule has 2 aliphatic rings. The summed E-state index contributed by atoms with van der Waals surface area (Å²) in [4.78, 5) is 4.37. The molecule has 6 nitrogen and oxygen atoms in total. The van der Waals surface area contributed by atoms with Crippen molar-refractivity contribution >= 4 is 44.3 Å². The Bertz CT molecular complexity index is 1340. The monoisotopic (exact) mass is 506 g/mol. The fourth-order valence-corrected chi connectivity index (χ4v) is 7.09. The summed E-state index contributed by atoms with van der Waals surface area (Å²) < 4.78 is 56.6. The highest BCUT2D eigenvalue weighted by Gasteiger charge is 2.29. The van der Waals surface area contributed by atoms with Gasteiger partial charge in [0.05, 0.1) is 4.90 Å². The predicted octanol–water partition coefficient (Wildman–Crippen LogP) is 3.76. The number of hydrazine groups is 1. The molecule has 0 saturated carbocycles. The molecule has 4 rings (SSSR count). The number of fused-ring (bicyclic) bond motifs is 1. The van der Waals surface area contributed by atoms with Crippen molar-refractivity contribution in [2.75, 3.05) is 10.8 Å². The van der Waals surface area contributed by atoms with Gasteiger partial charge < -0.3 is 0 Å². The van der Waals surface area contributed by atoms with E-state index < -0.39 is 15.9 Å². The van der Waals surface area contributed by atoms with Gasteiger partial charge in [-0.25, -0.2) is 22.2 Å². The van der Waals surface area contributed by atoms with E-state index in [1.54, 1.807) is 24.3 Å². The molecule has 0 radical (unpaired) electrons. The second kappa shape index (κ2) is 9.50. The summed E-state index contributed by atoms with van der Waals surface area (Å²) in [5.74, 6) is -1.74. The Balaban J connectivity index is 1.67. The third kappa shape index (κ3) is 5.17. The van der Waals surface area contributed by atoms with Crippen molar-refractivity contribution < 1.29 is 17.2 Å². The molecule has 34 heavy (non-hydrogen) atoms. The molecule has 0 saturated heterocycles. The summed E-state index contributed by atoms with van der Waals surface area (Å²) in [6.45, 7) is 6.67. The van der Waals surface area contributed by atoms with Crippen LogP contribution in [0.3, 0.4) is 0 Å². The lowest BCUT2D eigenvalue weighted by atomic mass is 10.1. The summed E-state index contributed by atoms with van der Waals surface area (Å²) in [6.07, 6.45) is 6.41. The van der Waals surface area contributed by atoms with Gasteiger partial charge in [-0.3, -0.25) is 15.2 Å². The van der Waals surface area contributed by atoms with Crippen LogP contribution in [0.2, 0.25) is 0 Å². The van der Waals surface area contributed by atoms with Crippen LogP contribution in [0.15, 0.2) is 46.6 Å². The Morgan fingerprint density at radius 2 is 1.85 bits per heavy atom. The molecule has 0 fully saturated rings. The Morgan fingerprint density at radius 3 is 2.47 bits per heavy atom. The van der Waals surface area contributed by atoms with Gasteiger partial charge in [0.25, 0.3) is 10.0 Å². The van der Waals surface area contributed by atoms with Crippen LogP contribution in [0.25, 0.3) is 12.2 Å². The van der Waals surface area contributed by atoms with Crippen LogP contribution in [0.4, 0.5) is 13.8 Å². The minimum Gasteiger partial charge on any atom is -0.283 e. The maximum atomic E-state index is 13.8. The van der Waals surface area contributed by atoms with Crippen LogP contribution in [0.1, 0.15) is 50.2 Å². The van der Waals surface area contributed by atoms with Gasteiger partial charge in [-0.15, -0.1) is 11.3 Å². The van der Waals surface area contributed by atoms with E-state index in [0.29, 0.717) is 28.6 Å². The second-order valence-electron chi connectivity index (χ2n) is 8.58. The number of nitrogens with zero attached hydrogens (tertiary/aromatic N) is 2. The number of thiophene rings is 1. The van der Waals surface area contributed by atoms with Gasteiger partial charge >= 0.3 is 0 Å². The van der Waals surface area contributed by atoms with Crippen LogP contribution >= 0.6 is 11.3 Å². The number of unbranched alkanes of at least 4 members (excludes halogenated alkanes) is 1. The smallest absolute Gasteiger partial charge is 0.264 e. The minimum atomic E-state index is -3.91. The third-order valence-electron chi connectivity index (χ3n) is 5.78. The number of anilines is 1. The van der Waals surface area contributed by atoms with E-state index >= 15 is 0 Å². The third-order valence-corrected chi connectivity index (χ3v) is 9.04. The zero-order valence-electron chi connectivity index (χ0n) is 19.2. The molecule has 1 aromatic heterocycles. The number of amidine groups is 1. The first kappa shape index (κ1) is 24.4. The average Bonchev–Trinajstić information content (AvgIpc) is 3.36. The number of halogens is 2. The molecule has 0 bridgehead atoms. The largest absolute Gasteiger partial charge is 0.283 e. The Hall–Kier alpha value is -2.72. The van der Waals surface area contributed by atoms with Gasteiger partial charge in [-0.2, -0.15) is 0 Å². The zero-order valence-corrected chi connectivity index (χ0v) is 20.8. The van der Waals surface area contributed by atoms with Gasteiger partial charge in [0.1, 0.15) is 10.8 Å². The van der Waals surface area contributed by atoms with Crippen molar-refractivity contribution in [3.05, 3.63) is 57.5 Å². The maximum absolute atomic E-state index is 13.8. The fourth-order valence-electron chi connectivity index (χ4n) is 4.01. The molecule has 0 unspecified atom stereocenters. The topological polar surface area (TPSA) is 73.8 Å². The van der Waals surface area contributed by atoms with Crippen LogP contribution in [-0.4, -0.2) is 26.7 Å². The normalized spacial score (nSPS) is 15.5. The number of hydrogen-bond donors (Lipinski definition) is 2. The number of benzene rings is 1. The molecule has 10 heteroatoms. The molecule has 182 valence electrons. The Morgan fingerprint density at radius 1 is 1.15 bits per heavy atom. The van der Waals surface area contributed by atoms with E-state index in [2.05, 4.69) is 34.6 Å². The van der Waals surface area contributed by atoms with Crippen molar-refractivity contribution in [1.29, 1.82) is 0 Å².